The molecule has 36 heavy (non-hydrogen) atoms. The molecule has 2 aromatic heterocycles. The van der Waals surface area contributed by atoms with Crippen molar-refractivity contribution >= 4 is 25.9 Å². The molecule has 1 fully saturated rings. The molecule has 1 aliphatic heterocycles. The Bertz CT molecular complexity index is 1270. The SMILES string of the molecule is CC(C)OC(=O)CN.CC1CC(COPOc2cccc3c2ccn3C)OC1n1ccc(=O)[nH]c1=O. The zero-order chi connectivity index (χ0) is 26.2. The van der Waals surface area contributed by atoms with Gasteiger partial charge in [0.15, 0.2) is 0 Å². The number of H-pyrrole nitrogens is 1. The molecular weight excluding hydrogens is 487 g/mol. The number of nitrogens with one attached hydrogen (secondary N) is 1. The Morgan fingerprint density at radius 2 is 2.03 bits per heavy atom. The average Bonchev–Trinajstić information content (AvgIpc) is 3.39. The molecule has 11 nitrogen and oxygen atoms in total. The summed E-state index contributed by atoms with van der Waals surface area (Å²) in [5.74, 6) is 0.564. The van der Waals surface area contributed by atoms with Gasteiger partial charge in [-0.1, -0.05) is 13.0 Å². The Balaban J connectivity index is 0.000000392. The third-order valence-electron chi connectivity index (χ3n) is 5.48. The molecule has 0 saturated carbocycles. The van der Waals surface area contributed by atoms with Gasteiger partial charge in [0, 0.05) is 36.8 Å². The third kappa shape index (κ3) is 7.27. The largest absolute Gasteiger partial charge is 0.462 e. The monoisotopic (exact) mass is 520 g/mol. The molecule has 12 heteroatoms. The van der Waals surface area contributed by atoms with Crippen LogP contribution in [0.25, 0.3) is 10.9 Å². The molecule has 0 amide bonds. The van der Waals surface area contributed by atoms with E-state index in [9.17, 15) is 14.4 Å². The summed E-state index contributed by atoms with van der Waals surface area (Å²) < 4.78 is 25.6. The van der Waals surface area contributed by atoms with E-state index in [4.69, 9.17) is 19.5 Å². The van der Waals surface area contributed by atoms with Gasteiger partial charge < -0.3 is 28.8 Å². The molecule has 0 bridgehead atoms. The lowest BCUT2D eigenvalue weighted by Gasteiger charge is -2.17. The van der Waals surface area contributed by atoms with E-state index in [1.54, 1.807) is 13.8 Å². The first kappa shape index (κ1) is 27.6. The minimum absolute atomic E-state index is 0.0296. The molecule has 3 N–H and O–H groups in total. The zero-order valence-corrected chi connectivity index (χ0v) is 21.8. The molecule has 1 aromatic carbocycles. The minimum atomic E-state index is -0.466. The number of aromatic amines is 1. The Kier molecular flexibility index (Phi) is 9.83. The van der Waals surface area contributed by atoms with Gasteiger partial charge in [-0.05, 0) is 38.5 Å². The van der Waals surface area contributed by atoms with Crippen molar-refractivity contribution in [3.63, 3.8) is 0 Å². The van der Waals surface area contributed by atoms with E-state index in [1.165, 1.54) is 16.8 Å². The first-order valence-electron chi connectivity index (χ1n) is 11.6. The number of carbonyl (C=O) groups is 1. The second kappa shape index (κ2) is 12.8. The number of ether oxygens (including phenoxy) is 2. The molecule has 4 atom stereocenters. The highest BCUT2D eigenvalue weighted by molar-refractivity contribution is 7.26. The highest BCUT2D eigenvalue weighted by Gasteiger charge is 2.34. The smallest absolute Gasteiger partial charge is 0.330 e. The normalized spacial score (nSPS) is 19.6. The molecular formula is C24H33N4O7P. The van der Waals surface area contributed by atoms with Crippen LogP contribution in [0.3, 0.4) is 0 Å². The van der Waals surface area contributed by atoms with Crippen molar-refractivity contribution in [2.75, 3.05) is 13.2 Å². The molecule has 1 aliphatic rings. The molecule has 3 heterocycles. The lowest BCUT2D eigenvalue weighted by Crippen LogP contribution is -2.33. The number of nitrogens with zero attached hydrogens (tertiary/aromatic N) is 2. The Morgan fingerprint density at radius 3 is 2.69 bits per heavy atom. The van der Waals surface area contributed by atoms with E-state index in [1.807, 2.05) is 49.0 Å². The summed E-state index contributed by atoms with van der Waals surface area (Å²) in [7, 11) is 1.84. The summed E-state index contributed by atoms with van der Waals surface area (Å²) in [6.07, 6.45) is 3.62. The number of aryl methyl sites for hydroxylation is 1. The van der Waals surface area contributed by atoms with Crippen LogP contribution in [0.1, 0.15) is 33.4 Å². The average molecular weight is 521 g/mol. The van der Waals surface area contributed by atoms with Crippen LogP contribution >= 0.6 is 9.03 Å². The van der Waals surface area contributed by atoms with Crippen molar-refractivity contribution in [2.45, 2.75) is 45.6 Å². The summed E-state index contributed by atoms with van der Waals surface area (Å²) >= 11 is 0. The molecule has 0 aliphatic carbocycles. The van der Waals surface area contributed by atoms with Crippen LogP contribution < -0.4 is 21.5 Å². The van der Waals surface area contributed by atoms with Gasteiger partial charge in [-0.25, -0.2) is 4.79 Å². The van der Waals surface area contributed by atoms with Crippen LogP contribution in [0.15, 0.2) is 52.3 Å². The Hall–Kier alpha value is -2.98. The second-order valence-corrected chi connectivity index (χ2v) is 9.39. The number of esters is 1. The van der Waals surface area contributed by atoms with Gasteiger partial charge >= 0.3 is 11.7 Å². The van der Waals surface area contributed by atoms with E-state index in [0.29, 0.717) is 6.61 Å². The maximum absolute atomic E-state index is 12.0. The van der Waals surface area contributed by atoms with Crippen molar-refractivity contribution in [1.82, 2.24) is 14.1 Å². The van der Waals surface area contributed by atoms with Crippen LogP contribution in [0.5, 0.6) is 5.75 Å². The van der Waals surface area contributed by atoms with Crippen LogP contribution in [-0.2, 0) is 25.8 Å². The molecule has 196 valence electrons. The lowest BCUT2D eigenvalue weighted by atomic mass is 10.1. The molecule has 4 rings (SSSR count). The van der Waals surface area contributed by atoms with Crippen molar-refractivity contribution in [3.05, 3.63) is 63.6 Å². The summed E-state index contributed by atoms with van der Waals surface area (Å²) in [6, 6.07) is 9.25. The summed E-state index contributed by atoms with van der Waals surface area (Å²) in [5.41, 5.74) is 5.16. The summed E-state index contributed by atoms with van der Waals surface area (Å²) in [6.45, 7) is 5.93. The maximum atomic E-state index is 12.0. The van der Waals surface area contributed by atoms with E-state index < -0.39 is 17.5 Å². The Labute approximate surface area is 210 Å². The third-order valence-corrected chi connectivity index (χ3v) is 6.07. The van der Waals surface area contributed by atoms with Crippen LogP contribution in [0, 0.1) is 5.92 Å². The van der Waals surface area contributed by atoms with Gasteiger partial charge in [0.2, 0.25) is 9.03 Å². The molecule has 0 spiro atoms. The topological polar surface area (TPSA) is 140 Å². The number of nitrogens with two attached hydrogens (primary N) is 1. The minimum Gasteiger partial charge on any atom is -0.462 e. The quantitative estimate of drug-likeness (QED) is 0.262. The first-order chi connectivity index (χ1) is 17.2. The van der Waals surface area contributed by atoms with Crippen molar-refractivity contribution in [2.24, 2.45) is 18.7 Å². The van der Waals surface area contributed by atoms with Crippen molar-refractivity contribution < 1.29 is 23.3 Å². The highest BCUT2D eigenvalue weighted by Crippen LogP contribution is 2.35. The number of hydrogen-bond acceptors (Lipinski definition) is 8. The number of aromatic nitrogens is 3. The summed E-state index contributed by atoms with van der Waals surface area (Å²) in [4.78, 5) is 35.7. The lowest BCUT2D eigenvalue weighted by molar-refractivity contribution is -0.145. The highest BCUT2D eigenvalue weighted by atomic mass is 31.1. The van der Waals surface area contributed by atoms with Gasteiger partial charge in [-0.15, -0.1) is 0 Å². The van der Waals surface area contributed by atoms with Crippen LogP contribution in [0.4, 0.5) is 0 Å². The fourth-order valence-corrected chi connectivity index (χ4v) is 4.45. The van der Waals surface area contributed by atoms with Gasteiger partial charge in [0.1, 0.15) is 12.0 Å². The Morgan fingerprint density at radius 1 is 1.25 bits per heavy atom. The van der Waals surface area contributed by atoms with Gasteiger partial charge in [0.05, 0.1) is 30.9 Å². The number of fused-ring (bicyclic) bond motifs is 1. The predicted molar refractivity (Wildman–Crippen MR) is 137 cm³/mol. The van der Waals surface area contributed by atoms with Gasteiger partial charge in [0.25, 0.3) is 5.56 Å². The second-order valence-electron chi connectivity index (χ2n) is 8.73. The number of rotatable bonds is 8. The predicted octanol–water partition coefficient (Wildman–Crippen LogP) is 2.45. The summed E-state index contributed by atoms with van der Waals surface area (Å²) in [5, 5.41) is 1.05. The van der Waals surface area contributed by atoms with E-state index in [2.05, 4.69) is 9.72 Å². The standard InChI is InChI=1S/C19H22N3O5P.C5H11NO2/c1-12-10-13(26-18(12)22-9-7-17(23)20-19(22)24)11-25-28-27-16-5-3-4-15-14(16)6-8-21(15)2;1-4(2)8-5(7)3-6/h3-9,12-13,18,28H,10-11H2,1-2H3,(H,20,23,24);4H,3,6H2,1-2H3. The van der Waals surface area contributed by atoms with Crippen LogP contribution in [0.2, 0.25) is 0 Å². The van der Waals surface area contributed by atoms with Gasteiger partial charge in [-0.2, -0.15) is 0 Å². The van der Waals surface area contributed by atoms with Crippen molar-refractivity contribution in [1.29, 1.82) is 0 Å². The number of benzene rings is 1. The molecule has 3 aromatic rings. The van der Waals surface area contributed by atoms with Crippen LogP contribution in [-0.4, -0.2) is 45.4 Å². The zero-order valence-electron chi connectivity index (χ0n) is 20.8. The first-order valence-corrected chi connectivity index (χ1v) is 12.5. The molecule has 4 unspecified atom stereocenters. The number of hydrogen-bond donors (Lipinski definition) is 2. The maximum Gasteiger partial charge on any atom is 0.330 e. The molecule has 0 radical (unpaired) electrons. The fraction of sp³-hybridized carbons (Fsp3) is 0.458. The van der Waals surface area contributed by atoms with E-state index in [-0.39, 0.29) is 39.7 Å². The van der Waals surface area contributed by atoms with E-state index in [0.717, 1.165) is 23.1 Å². The van der Waals surface area contributed by atoms with E-state index >= 15 is 0 Å². The number of carbonyl (C=O) groups excluding carboxylic acids is 1. The van der Waals surface area contributed by atoms with Gasteiger partial charge in [-0.3, -0.25) is 19.1 Å². The fourth-order valence-electron chi connectivity index (χ4n) is 3.87. The molecule has 1 saturated heterocycles. The van der Waals surface area contributed by atoms with Crippen molar-refractivity contribution in [3.8, 4) is 5.75 Å².